The van der Waals surface area contributed by atoms with Gasteiger partial charge in [-0.3, -0.25) is 0 Å². The largest absolute Gasteiger partial charge is 0.432 e. The minimum atomic E-state index is 0.0539. The van der Waals surface area contributed by atoms with Crippen LogP contribution in [0.5, 0.6) is 0 Å². The van der Waals surface area contributed by atoms with E-state index in [4.69, 9.17) is 19.6 Å². The lowest BCUT2D eigenvalue weighted by Gasteiger charge is -2.13. The van der Waals surface area contributed by atoms with Crippen molar-refractivity contribution in [2.75, 3.05) is 32.2 Å². The number of anilines is 1. The van der Waals surface area contributed by atoms with Crippen LogP contribution < -0.4 is 10.6 Å². The fourth-order valence-corrected chi connectivity index (χ4v) is 1.89. The third kappa shape index (κ3) is 2.04. The average molecular weight is 227 g/mol. The molecule has 1 saturated heterocycles. The molecule has 0 aliphatic carbocycles. The second-order valence-corrected chi connectivity index (χ2v) is 3.78. The number of nitrogens with zero attached hydrogens (tertiary/aromatic N) is 2. The number of hydrogen-bond donors (Lipinski definition) is 1. The van der Waals surface area contributed by atoms with Gasteiger partial charge in [-0.1, -0.05) is 0 Å². The van der Waals surface area contributed by atoms with Gasteiger partial charge in [0.1, 0.15) is 18.5 Å². The molecule has 0 saturated carbocycles. The van der Waals surface area contributed by atoms with Crippen molar-refractivity contribution in [1.29, 1.82) is 0 Å². The van der Waals surface area contributed by atoms with Crippen LogP contribution >= 0.6 is 0 Å². The van der Waals surface area contributed by atoms with E-state index < -0.39 is 0 Å². The lowest BCUT2D eigenvalue weighted by molar-refractivity contribution is -0.00461. The quantitative estimate of drug-likeness (QED) is 0.779. The summed E-state index contributed by atoms with van der Waals surface area (Å²) in [5.41, 5.74) is 6.23. The SMILES string of the molecule is COC1CN(c2nc(CN)co2)CC1OC. The zero-order chi connectivity index (χ0) is 11.5. The van der Waals surface area contributed by atoms with Gasteiger partial charge in [0.25, 0.3) is 6.01 Å². The highest BCUT2D eigenvalue weighted by molar-refractivity contribution is 5.30. The van der Waals surface area contributed by atoms with Crippen molar-refractivity contribution in [3.8, 4) is 0 Å². The fourth-order valence-electron chi connectivity index (χ4n) is 1.89. The Hall–Kier alpha value is -1.11. The molecule has 0 aromatic carbocycles. The molecule has 2 rings (SSSR count). The van der Waals surface area contributed by atoms with E-state index in [2.05, 4.69) is 4.98 Å². The maximum Gasteiger partial charge on any atom is 0.297 e. The van der Waals surface area contributed by atoms with Gasteiger partial charge in [0.2, 0.25) is 0 Å². The summed E-state index contributed by atoms with van der Waals surface area (Å²) in [5, 5.41) is 0. The Bertz CT molecular complexity index is 330. The van der Waals surface area contributed by atoms with Crippen molar-refractivity contribution in [1.82, 2.24) is 4.98 Å². The molecule has 6 nitrogen and oxygen atoms in total. The van der Waals surface area contributed by atoms with E-state index >= 15 is 0 Å². The summed E-state index contributed by atoms with van der Waals surface area (Å²) in [4.78, 5) is 6.27. The Morgan fingerprint density at radius 2 is 2.06 bits per heavy atom. The van der Waals surface area contributed by atoms with Crippen molar-refractivity contribution in [3.05, 3.63) is 12.0 Å². The van der Waals surface area contributed by atoms with E-state index in [-0.39, 0.29) is 12.2 Å². The van der Waals surface area contributed by atoms with Crippen LogP contribution in [0.4, 0.5) is 6.01 Å². The summed E-state index contributed by atoms with van der Waals surface area (Å²) < 4.78 is 16.0. The zero-order valence-corrected chi connectivity index (χ0v) is 9.55. The van der Waals surface area contributed by atoms with Crippen LogP contribution in [0.1, 0.15) is 5.69 Å². The third-order valence-electron chi connectivity index (χ3n) is 2.84. The molecule has 16 heavy (non-hydrogen) atoms. The fraction of sp³-hybridized carbons (Fsp3) is 0.700. The highest BCUT2D eigenvalue weighted by Crippen LogP contribution is 2.22. The van der Waals surface area contributed by atoms with Gasteiger partial charge in [-0.05, 0) is 0 Å². The molecule has 1 aromatic heterocycles. The molecule has 1 aromatic rings. The monoisotopic (exact) mass is 227 g/mol. The third-order valence-corrected chi connectivity index (χ3v) is 2.84. The first-order valence-electron chi connectivity index (χ1n) is 5.23. The number of nitrogens with two attached hydrogens (primary N) is 1. The van der Waals surface area contributed by atoms with Crippen molar-refractivity contribution < 1.29 is 13.9 Å². The molecule has 2 atom stereocenters. The van der Waals surface area contributed by atoms with Crippen LogP contribution in [0.15, 0.2) is 10.7 Å². The highest BCUT2D eigenvalue weighted by atomic mass is 16.5. The number of hydrogen-bond acceptors (Lipinski definition) is 6. The second-order valence-electron chi connectivity index (χ2n) is 3.78. The Morgan fingerprint density at radius 1 is 1.44 bits per heavy atom. The smallest absolute Gasteiger partial charge is 0.297 e. The molecule has 0 bridgehead atoms. The molecule has 6 heteroatoms. The van der Waals surface area contributed by atoms with E-state index in [1.165, 1.54) is 0 Å². The standard InChI is InChI=1S/C10H17N3O3/c1-14-8-4-13(5-9(8)15-2)10-12-7(3-11)6-16-10/h6,8-9H,3-5,11H2,1-2H3. The van der Waals surface area contributed by atoms with Gasteiger partial charge in [0, 0.05) is 20.8 Å². The van der Waals surface area contributed by atoms with Crippen molar-refractivity contribution >= 4 is 6.01 Å². The Labute approximate surface area is 94.3 Å². The first-order valence-corrected chi connectivity index (χ1v) is 5.23. The molecule has 2 heterocycles. The van der Waals surface area contributed by atoms with Gasteiger partial charge in [-0.25, -0.2) is 0 Å². The van der Waals surface area contributed by atoms with E-state index in [1.54, 1.807) is 20.5 Å². The topological polar surface area (TPSA) is 73.8 Å². The molecule has 1 aliphatic rings. The van der Waals surface area contributed by atoms with E-state index in [0.29, 0.717) is 12.6 Å². The second kappa shape index (κ2) is 4.82. The minimum absolute atomic E-state index is 0.0539. The summed E-state index contributed by atoms with van der Waals surface area (Å²) >= 11 is 0. The summed E-state index contributed by atoms with van der Waals surface area (Å²) in [6.45, 7) is 1.83. The predicted molar refractivity (Wildman–Crippen MR) is 58.2 cm³/mol. The predicted octanol–water partition coefficient (Wildman–Crippen LogP) is -0.0167. The lowest BCUT2D eigenvalue weighted by Crippen LogP contribution is -2.27. The van der Waals surface area contributed by atoms with E-state index in [0.717, 1.165) is 18.8 Å². The Morgan fingerprint density at radius 3 is 2.50 bits per heavy atom. The molecule has 0 radical (unpaired) electrons. The lowest BCUT2D eigenvalue weighted by atomic mass is 10.3. The van der Waals surface area contributed by atoms with Crippen molar-refractivity contribution in [3.63, 3.8) is 0 Å². The summed E-state index contributed by atoms with van der Waals surface area (Å²) in [5.74, 6) is 0. The normalized spacial score (nSPS) is 25.3. The van der Waals surface area contributed by atoms with Gasteiger partial charge in [-0.2, -0.15) is 4.98 Å². The Balaban J connectivity index is 2.06. The molecular weight excluding hydrogens is 210 g/mol. The maximum atomic E-state index is 5.48. The van der Waals surface area contributed by atoms with Gasteiger partial charge in [0.05, 0.1) is 18.8 Å². The summed E-state index contributed by atoms with van der Waals surface area (Å²) in [6.07, 6.45) is 1.69. The molecule has 1 aliphatic heterocycles. The highest BCUT2D eigenvalue weighted by Gasteiger charge is 2.35. The molecule has 2 N–H and O–H groups in total. The molecule has 0 spiro atoms. The van der Waals surface area contributed by atoms with Gasteiger partial charge in [-0.15, -0.1) is 0 Å². The van der Waals surface area contributed by atoms with Crippen LogP contribution in [-0.4, -0.2) is 44.5 Å². The number of ether oxygens (including phenoxy) is 2. The first kappa shape index (κ1) is 11.4. The average Bonchev–Trinajstić information content (AvgIpc) is 2.94. The van der Waals surface area contributed by atoms with Crippen LogP contribution in [-0.2, 0) is 16.0 Å². The Kier molecular flexibility index (Phi) is 3.42. The van der Waals surface area contributed by atoms with Crippen LogP contribution in [0.25, 0.3) is 0 Å². The van der Waals surface area contributed by atoms with Crippen molar-refractivity contribution in [2.24, 2.45) is 5.73 Å². The summed E-state index contributed by atoms with van der Waals surface area (Å²) in [6, 6.07) is 0.585. The summed E-state index contributed by atoms with van der Waals surface area (Å²) in [7, 11) is 3.36. The maximum absolute atomic E-state index is 5.48. The van der Waals surface area contributed by atoms with Crippen LogP contribution in [0.2, 0.25) is 0 Å². The van der Waals surface area contributed by atoms with Gasteiger partial charge in [0.15, 0.2) is 0 Å². The number of oxazole rings is 1. The van der Waals surface area contributed by atoms with Crippen LogP contribution in [0.3, 0.4) is 0 Å². The molecule has 90 valence electrons. The molecule has 1 fully saturated rings. The molecular formula is C10H17N3O3. The number of aromatic nitrogens is 1. The van der Waals surface area contributed by atoms with E-state index in [9.17, 15) is 0 Å². The van der Waals surface area contributed by atoms with E-state index in [1.807, 2.05) is 4.90 Å². The van der Waals surface area contributed by atoms with Gasteiger partial charge >= 0.3 is 0 Å². The van der Waals surface area contributed by atoms with Crippen molar-refractivity contribution in [2.45, 2.75) is 18.8 Å². The van der Waals surface area contributed by atoms with Crippen LogP contribution in [0, 0.1) is 0 Å². The first-order chi connectivity index (χ1) is 7.78. The minimum Gasteiger partial charge on any atom is -0.432 e. The number of rotatable bonds is 4. The zero-order valence-electron chi connectivity index (χ0n) is 9.55. The number of methoxy groups -OCH3 is 2. The molecule has 0 amide bonds. The van der Waals surface area contributed by atoms with Gasteiger partial charge < -0.3 is 24.5 Å². The molecule has 2 unspecified atom stereocenters.